The molecule has 2 amide bonds. The lowest BCUT2D eigenvalue weighted by Gasteiger charge is -2.26. The number of aryl methyl sites for hydroxylation is 1. The fraction of sp³-hybridized carbons (Fsp3) is 0.192. The third-order valence-electron chi connectivity index (χ3n) is 6.04. The number of nitro groups is 1. The third-order valence-corrected chi connectivity index (χ3v) is 6.64. The van der Waals surface area contributed by atoms with E-state index in [9.17, 15) is 25.0 Å². The van der Waals surface area contributed by atoms with Crippen molar-refractivity contribution in [3.8, 4) is 6.07 Å². The van der Waals surface area contributed by atoms with Gasteiger partial charge >= 0.3 is 0 Å². The van der Waals surface area contributed by atoms with Crippen molar-refractivity contribution in [1.82, 2.24) is 4.90 Å². The van der Waals surface area contributed by atoms with Gasteiger partial charge in [-0.1, -0.05) is 12.1 Å². The van der Waals surface area contributed by atoms with E-state index in [4.69, 9.17) is 0 Å². The van der Waals surface area contributed by atoms with Gasteiger partial charge in [-0.05, 0) is 65.7 Å². The summed E-state index contributed by atoms with van der Waals surface area (Å²) in [4.78, 5) is 39.1. The largest absolute Gasteiger partial charge is 0.370 e. The van der Waals surface area contributed by atoms with Crippen LogP contribution < -0.4 is 4.90 Å². The first-order valence-corrected chi connectivity index (χ1v) is 12.1. The molecule has 3 aromatic carbocycles. The van der Waals surface area contributed by atoms with E-state index in [1.54, 1.807) is 30.3 Å². The number of non-ortho nitro benzene ring substituents is 1. The standard InChI is InChI=1S/C26H21BrN6O4/c1-3-31(10-11-32-25(34)20-6-4-5-7-21(20)26(32)35)18-8-9-23(16(2)12-18)29-30-24-17(15-28)13-19(33(36)37)14-22(24)27/h4-9,12-14H,3,10-11H2,1-2H3. The number of fused-ring (bicyclic) bond motifs is 1. The number of likely N-dealkylation sites (N-methyl/N-ethyl adjacent to an activating group) is 1. The van der Waals surface area contributed by atoms with Gasteiger partial charge in [-0.3, -0.25) is 24.6 Å². The van der Waals surface area contributed by atoms with Crippen molar-refractivity contribution in [1.29, 1.82) is 5.26 Å². The van der Waals surface area contributed by atoms with Crippen molar-refractivity contribution in [2.45, 2.75) is 13.8 Å². The molecule has 3 aromatic rings. The Morgan fingerprint density at radius 3 is 2.32 bits per heavy atom. The molecule has 1 aliphatic heterocycles. The molecule has 1 heterocycles. The van der Waals surface area contributed by atoms with Gasteiger partial charge in [0, 0.05) is 37.5 Å². The van der Waals surface area contributed by atoms with Gasteiger partial charge in [-0.2, -0.15) is 10.4 Å². The second kappa shape index (κ2) is 10.7. The van der Waals surface area contributed by atoms with E-state index in [1.807, 2.05) is 32.0 Å². The second-order valence-electron chi connectivity index (χ2n) is 8.25. The molecule has 0 unspecified atom stereocenters. The predicted molar refractivity (Wildman–Crippen MR) is 141 cm³/mol. The van der Waals surface area contributed by atoms with Gasteiger partial charge in [-0.25, -0.2) is 0 Å². The van der Waals surface area contributed by atoms with Gasteiger partial charge in [0.1, 0.15) is 11.8 Å². The molecular weight excluding hydrogens is 540 g/mol. The van der Waals surface area contributed by atoms with Gasteiger partial charge in [0.05, 0.1) is 31.8 Å². The summed E-state index contributed by atoms with van der Waals surface area (Å²) >= 11 is 3.23. The smallest absolute Gasteiger partial charge is 0.272 e. The van der Waals surface area contributed by atoms with Crippen molar-refractivity contribution < 1.29 is 14.5 Å². The number of nitrogens with zero attached hydrogens (tertiary/aromatic N) is 6. The number of nitro benzene ring substituents is 1. The number of halogens is 1. The first-order chi connectivity index (χ1) is 17.7. The molecule has 37 heavy (non-hydrogen) atoms. The molecule has 11 heteroatoms. The molecule has 0 aliphatic carbocycles. The second-order valence-corrected chi connectivity index (χ2v) is 9.10. The van der Waals surface area contributed by atoms with E-state index >= 15 is 0 Å². The highest BCUT2D eigenvalue weighted by molar-refractivity contribution is 9.10. The van der Waals surface area contributed by atoms with Crippen LogP contribution in [0.1, 0.15) is 38.8 Å². The van der Waals surface area contributed by atoms with Crippen LogP contribution in [0.25, 0.3) is 0 Å². The summed E-state index contributed by atoms with van der Waals surface area (Å²) in [6.45, 7) is 5.23. The number of azo groups is 1. The van der Waals surface area contributed by atoms with Crippen LogP contribution in [0.5, 0.6) is 0 Å². The number of hydrogen-bond acceptors (Lipinski definition) is 8. The van der Waals surface area contributed by atoms with Crippen LogP contribution in [0, 0.1) is 28.4 Å². The normalized spacial score (nSPS) is 12.6. The Morgan fingerprint density at radius 2 is 1.76 bits per heavy atom. The molecule has 0 atom stereocenters. The minimum Gasteiger partial charge on any atom is -0.370 e. The zero-order chi connectivity index (χ0) is 26.7. The summed E-state index contributed by atoms with van der Waals surface area (Å²) < 4.78 is 0.293. The summed E-state index contributed by atoms with van der Waals surface area (Å²) in [6.07, 6.45) is 0. The Kier molecular flexibility index (Phi) is 7.40. The molecule has 0 aromatic heterocycles. The summed E-state index contributed by atoms with van der Waals surface area (Å²) in [7, 11) is 0. The zero-order valence-electron chi connectivity index (χ0n) is 20.0. The molecule has 0 bridgehead atoms. The fourth-order valence-corrected chi connectivity index (χ4v) is 4.59. The Bertz CT molecular complexity index is 1460. The number of rotatable bonds is 8. The maximum Gasteiger partial charge on any atom is 0.272 e. The summed E-state index contributed by atoms with van der Waals surface area (Å²) in [5, 5.41) is 28.9. The lowest BCUT2D eigenvalue weighted by molar-refractivity contribution is -0.384. The third kappa shape index (κ3) is 5.10. The number of benzene rings is 3. The Labute approximate surface area is 221 Å². The number of carbonyl (C=O) groups is 2. The van der Waals surface area contributed by atoms with E-state index in [0.29, 0.717) is 34.4 Å². The van der Waals surface area contributed by atoms with E-state index in [1.165, 1.54) is 11.0 Å². The molecule has 4 rings (SSSR count). The van der Waals surface area contributed by atoms with Gasteiger partial charge in [-0.15, -0.1) is 5.11 Å². The van der Waals surface area contributed by atoms with Crippen molar-refractivity contribution in [2.75, 3.05) is 24.5 Å². The van der Waals surface area contributed by atoms with Crippen LogP contribution in [0.15, 0.2) is 69.3 Å². The molecule has 0 spiro atoms. The number of anilines is 1. The molecular formula is C26H21BrN6O4. The molecule has 0 saturated heterocycles. The molecule has 0 fully saturated rings. The summed E-state index contributed by atoms with van der Waals surface area (Å²) in [5.41, 5.74) is 3.15. The summed E-state index contributed by atoms with van der Waals surface area (Å²) in [6, 6.07) is 16.7. The van der Waals surface area contributed by atoms with Crippen LogP contribution in [-0.2, 0) is 0 Å². The Morgan fingerprint density at radius 1 is 1.08 bits per heavy atom. The molecule has 0 N–H and O–H groups in total. The highest BCUT2D eigenvalue weighted by Crippen LogP contribution is 2.35. The lowest BCUT2D eigenvalue weighted by Crippen LogP contribution is -2.38. The van der Waals surface area contributed by atoms with E-state index in [-0.39, 0.29) is 35.3 Å². The number of amides is 2. The number of hydrogen-bond donors (Lipinski definition) is 0. The minimum absolute atomic E-state index is 0.0319. The van der Waals surface area contributed by atoms with Crippen molar-refractivity contribution in [3.63, 3.8) is 0 Å². The predicted octanol–water partition coefficient (Wildman–Crippen LogP) is 6.08. The van der Waals surface area contributed by atoms with Gasteiger partial charge in [0.25, 0.3) is 17.5 Å². The maximum atomic E-state index is 12.7. The van der Waals surface area contributed by atoms with Crippen LogP contribution in [-0.4, -0.2) is 41.3 Å². The maximum absolute atomic E-state index is 12.7. The highest BCUT2D eigenvalue weighted by Gasteiger charge is 2.34. The fourth-order valence-electron chi connectivity index (χ4n) is 4.06. The van der Waals surface area contributed by atoms with Crippen LogP contribution in [0.2, 0.25) is 0 Å². The van der Waals surface area contributed by atoms with E-state index in [2.05, 4.69) is 31.1 Å². The molecule has 0 saturated carbocycles. The molecule has 186 valence electrons. The highest BCUT2D eigenvalue weighted by atomic mass is 79.9. The van der Waals surface area contributed by atoms with Crippen LogP contribution in [0.4, 0.5) is 22.7 Å². The minimum atomic E-state index is -0.580. The molecule has 10 nitrogen and oxygen atoms in total. The average Bonchev–Trinajstić information content (AvgIpc) is 3.13. The monoisotopic (exact) mass is 560 g/mol. The Balaban J connectivity index is 1.50. The van der Waals surface area contributed by atoms with Crippen molar-refractivity contribution in [3.05, 3.63) is 91.4 Å². The van der Waals surface area contributed by atoms with E-state index < -0.39 is 4.92 Å². The van der Waals surface area contributed by atoms with Gasteiger partial charge in [0.2, 0.25) is 0 Å². The lowest BCUT2D eigenvalue weighted by atomic mass is 10.1. The number of carbonyl (C=O) groups excluding carboxylic acids is 2. The van der Waals surface area contributed by atoms with Gasteiger partial charge in [0.15, 0.2) is 0 Å². The number of nitriles is 1. The van der Waals surface area contributed by atoms with Crippen molar-refractivity contribution in [2.24, 2.45) is 10.2 Å². The molecule has 0 radical (unpaired) electrons. The average molecular weight is 561 g/mol. The Hall–Kier alpha value is -4.43. The number of imide groups is 1. The summed E-state index contributed by atoms with van der Waals surface area (Å²) in [5.74, 6) is -0.560. The zero-order valence-corrected chi connectivity index (χ0v) is 21.6. The van der Waals surface area contributed by atoms with Crippen LogP contribution >= 0.6 is 15.9 Å². The van der Waals surface area contributed by atoms with Crippen LogP contribution in [0.3, 0.4) is 0 Å². The molecule has 1 aliphatic rings. The van der Waals surface area contributed by atoms with E-state index in [0.717, 1.165) is 17.3 Å². The topological polar surface area (TPSA) is 132 Å². The van der Waals surface area contributed by atoms with Crippen molar-refractivity contribution >= 4 is 50.5 Å². The first kappa shape index (κ1) is 25.7. The first-order valence-electron chi connectivity index (χ1n) is 11.4. The SMILES string of the molecule is CCN(CCN1C(=O)c2ccccc2C1=O)c1ccc(N=Nc2c(Br)cc([N+](=O)[O-])cc2C#N)c(C)c1. The quantitative estimate of drug-likeness (QED) is 0.142. The van der Waals surface area contributed by atoms with Gasteiger partial charge < -0.3 is 4.90 Å².